The number of rotatable bonds is 6. The lowest BCUT2D eigenvalue weighted by atomic mass is 9.60. The summed E-state index contributed by atoms with van der Waals surface area (Å²) in [6.45, 7) is 8.07. The normalized spacial score (nSPS) is 32.8. The van der Waals surface area contributed by atoms with E-state index < -0.39 is 0 Å². The van der Waals surface area contributed by atoms with Gasteiger partial charge in [0.1, 0.15) is 0 Å². The molecule has 4 rings (SSSR count). The van der Waals surface area contributed by atoms with Gasteiger partial charge in [0, 0.05) is 17.6 Å². The van der Waals surface area contributed by atoms with E-state index in [9.17, 15) is 0 Å². The van der Waals surface area contributed by atoms with Crippen LogP contribution in [0.2, 0.25) is 0 Å². The maximum absolute atomic E-state index is 3.39. The highest BCUT2D eigenvalue weighted by Gasteiger charge is 2.52. The first-order chi connectivity index (χ1) is 18.6. The van der Waals surface area contributed by atoms with E-state index in [1.165, 1.54) is 167 Å². The molecule has 0 saturated heterocycles. The van der Waals surface area contributed by atoms with Crippen LogP contribution in [0.15, 0.2) is 0 Å². The van der Waals surface area contributed by atoms with Crippen molar-refractivity contribution in [1.82, 2.24) is 4.90 Å². The predicted octanol–water partition coefficient (Wildman–Crippen LogP) is 12.0. The van der Waals surface area contributed by atoms with Crippen LogP contribution in [-0.2, 0) is 0 Å². The van der Waals surface area contributed by atoms with Gasteiger partial charge in [-0.25, -0.2) is 0 Å². The fraction of sp³-hybridized carbons (Fsp3) is 1.00. The van der Waals surface area contributed by atoms with Crippen LogP contribution in [0.4, 0.5) is 0 Å². The van der Waals surface area contributed by atoms with Crippen LogP contribution >= 0.6 is 0 Å². The largest absolute Gasteiger partial charge is 0.291 e. The molecule has 0 aliphatic heterocycles. The third kappa shape index (κ3) is 8.03. The van der Waals surface area contributed by atoms with E-state index in [0.29, 0.717) is 11.0 Å². The van der Waals surface area contributed by atoms with Gasteiger partial charge in [0.25, 0.3) is 0 Å². The van der Waals surface area contributed by atoms with Crippen LogP contribution in [0.5, 0.6) is 0 Å². The van der Waals surface area contributed by atoms with Gasteiger partial charge in [0.05, 0.1) is 0 Å². The number of hydrogen-bond donors (Lipinski definition) is 0. The van der Waals surface area contributed by atoms with Crippen LogP contribution in [-0.4, -0.2) is 22.5 Å². The molecule has 0 aromatic carbocycles. The molecular formula is C37H69N. The molecule has 0 aromatic heterocycles. The zero-order valence-corrected chi connectivity index (χ0v) is 26.6. The van der Waals surface area contributed by atoms with E-state index in [2.05, 4.69) is 25.7 Å². The number of hydrogen-bond acceptors (Lipinski definition) is 1. The Labute approximate surface area is 240 Å². The second kappa shape index (κ2) is 15.8. The molecule has 0 amide bonds. The minimum atomic E-state index is 0.386. The smallest absolute Gasteiger partial charge is 0.0263 e. The summed E-state index contributed by atoms with van der Waals surface area (Å²) in [4.78, 5) is 3.39. The summed E-state index contributed by atoms with van der Waals surface area (Å²) in [5.74, 6) is 2.21. The lowest BCUT2D eigenvalue weighted by Crippen LogP contribution is -2.65. The average molecular weight is 528 g/mol. The fourth-order valence-corrected chi connectivity index (χ4v) is 10.2. The minimum absolute atomic E-state index is 0.386. The topological polar surface area (TPSA) is 3.24 Å². The van der Waals surface area contributed by atoms with Crippen LogP contribution in [0.1, 0.15) is 201 Å². The van der Waals surface area contributed by atoms with E-state index in [1.807, 2.05) is 0 Å². The predicted molar refractivity (Wildman–Crippen MR) is 168 cm³/mol. The average Bonchev–Trinajstić information content (AvgIpc) is 3.65. The van der Waals surface area contributed by atoms with Crippen molar-refractivity contribution >= 4 is 0 Å². The summed E-state index contributed by atoms with van der Waals surface area (Å²) in [5.41, 5.74) is 0.858. The maximum Gasteiger partial charge on any atom is 0.0263 e. The molecule has 0 bridgehead atoms. The Morgan fingerprint density at radius 1 is 0.500 bits per heavy atom. The molecule has 0 spiro atoms. The Balaban J connectivity index is 1.67. The third-order valence-electron chi connectivity index (χ3n) is 12.6. The van der Waals surface area contributed by atoms with E-state index >= 15 is 0 Å². The van der Waals surface area contributed by atoms with Gasteiger partial charge < -0.3 is 0 Å². The molecule has 0 heterocycles. The molecular weight excluding hydrogens is 458 g/mol. The standard InChI is InChI=1S/C37H69N/c1-4-37(5-2,36(3)29-21-15-16-23-32-31-33(32)24-22-30-36)38(35-27-19-13-9-10-14-20-28-35)34-25-17-11-7-6-8-12-18-26-34/h32-35H,4-31H2,1-3H3. The van der Waals surface area contributed by atoms with Gasteiger partial charge in [-0.15, -0.1) is 0 Å². The summed E-state index contributed by atoms with van der Waals surface area (Å²) in [6.07, 6.45) is 41.6. The highest BCUT2D eigenvalue weighted by atomic mass is 15.3. The Bertz CT molecular complexity index is 617. The number of nitrogens with zero attached hydrogens (tertiary/aromatic N) is 1. The first kappa shape index (κ1) is 30.9. The van der Waals surface area contributed by atoms with E-state index in [-0.39, 0.29) is 0 Å². The molecule has 4 aliphatic rings. The van der Waals surface area contributed by atoms with Crippen molar-refractivity contribution in [3.63, 3.8) is 0 Å². The first-order valence-electron chi connectivity index (χ1n) is 18.4. The lowest BCUT2D eigenvalue weighted by Gasteiger charge is -2.60. The van der Waals surface area contributed by atoms with Gasteiger partial charge in [0.15, 0.2) is 0 Å². The highest BCUT2D eigenvalue weighted by molar-refractivity contribution is 5.06. The quantitative estimate of drug-likeness (QED) is 0.332. The SMILES string of the molecule is CCC(CC)(N(C1CCCCCCCCC1)C1CCCCCCCC1)C1(C)CCCCCC2CC2CCC1. The highest BCUT2D eigenvalue weighted by Crippen LogP contribution is 2.54. The molecule has 4 saturated carbocycles. The van der Waals surface area contributed by atoms with Gasteiger partial charge in [0.2, 0.25) is 0 Å². The van der Waals surface area contributed by atoms with Gasteiger partial charge in [-0.2, -0.15) is 0 Å². The second-order valence-corrected chi connectivity index (χ2v) is 15.0. The summed E-state index contributed by atoms with van der Waals surface area (Å²) < 4.78 is 0. The van der Waals surface area contributed by atoms with Crippen molar-refractivity contribution in [1.29, 1.82) is 0 Å². The van der Waals surface area contributed by atoms with Crippen molar-refractivity contribution < 1.29 is 0 Å². The van der Waals surface area contributed by atoms with Gasteiger partial charge in [-0.05, 0) is 75.0 Å². The molecule has 0 aromatic rings. The molecule has 38 heavy (non-hydrogen) atoms. The molecule has 0 N–H and O–H groups in total. The van der Waals surface area contributed by atoms with E-state index in [1.54, 1.807) is 12.8 Å². The van der Waals surface area contributed by atoms with Crippen molar-refractivity contribution in [2.75, 3.05) is 0 Å². The van der Waals surface area contributed by atoms with Crippen molar-refractivity contribution in [2.24, 2.45) is 17.3 Å². The maximum atomic E-state index is 3.39. The van der Waals surface area contributed by atoms with Gasteiger partial charge in [-0.1, -0.05) is 143 Å². The number of fused-ring (bicyclic) bond motifs is 1. The zero-order valence-electron chi connectivity index (χ0n) is 26.6. The minimum Gasteiger partial charge on any atom is -0.291 e. The van der Waals surface area contributed by atoms with Gasteiger partial charge in [-0.3, -0.25) is 4.90 Å². The Morgan fingerprint density at radius 2 is 0.868 bits per heavy atom. The molecule has 3 atom stereocenters. The van der Waals surface area contributed by atoms with E-state index in [4.69, 9.17) is 0 Å². The monoisotopic (exact) mass is 528 g/mol. The van der Waals surface area contributed by atoms with E-state index in [0.717, 1.165) is 23.9 Å². The van der Waals surface area contributed by atoms with Crippen molar-refractivity contribution in [2.45, 2.75) is 218 Å². The summed E-state index contributed by atoms with van der Waals surface area (Å²) >= 11 is 0. The Morgan fingerprint density at radius 3 is 1.34 bits per heavy atom. The second-order valence-electron chi connectivity index (χ2n) is 15.0. The molecule has 1 heteroatoms. The molecule has 0 radical (unpaired) electrons. The van der Waals surface area contributed by atoms with Crippen molar-refractivity contribution in [3.05, 3.63) is 0 Å². The first-order valence-corrected chi connectivity index (χ1v) is 18.4. The van der Waals surface area contributed by atoms with Gasteiger partial charge >= 0.3 is 0 Å². The molecule has 222 valence electrons. The van der Waals surface area contributed by atoms with Crippen LogP contribution in [0, 0.1) is 17.3 Å². The third-order valence-corrected chi connectivity index (χ3v) is 12.6. The molecule has 3 unspecified atom stereocenters. The Kier molecular flexibility index (Phi) is 12.9. The molecule has 4 fully saturated rings. The Hall–Kier alpha value is -0.0400. The summed E-state index contributed by atoms with van der Waals surface area (Å²) in [6, 6.07) is 1.67. The lowest BCUT2D eigenvalue weighted by molar-refractivity contribution is -0.104. The van der Waals surface area contributed by atoms with Crippen LogP contribution in [0.25, 0.3) is 0 Å². The van der Waals surface area contributed by atoms with Crippen LogP contribution < -0.4 is 0 Å². The molecule has 4 aliphatic carbocycles. The summed E-state index contributed by atoms with van der Waals surface area (Å²) in [5, 5.41) is 0. The van der Waals surface area contributed by atoms with Crippen molar-refractivity contribution in [3.8, 4) is 0 Å². The summed E-state index contributed by atoms with van der Waals surface area (Å²) in [7, 11) is 0. The fourth-order valence-electron chi connectivity index (χ4n) is 10.2. The van der Waals surface area contributed by atoms with Crippen LogP contribution in [0.3, 0.4) is 0 Å². The molecule has 1 nitrogen and oxygen atoms in total. The zero-order chi connectivity index (χ0) is 26.7.